The third kappa shape index (κ3) is 76.4. The van der Waals surface area contributed by atoms with Crippen LogP contribution in [-0.4, -0.2) is 96.7 Å². The van der Waals surface area contributed by atoms with E-state index in [9.17, 15) is 43.2 Å². The van der Waals surface area contributed by atoms with E-state index in [0.29, 0.717) is 32.1 Å². The second-order valence-corrected chi connectivity index (χ2v) is 31.0. The first-order valence-corrected chi connectivity index (χ1v) is 44.8. The molecule has 0 rings (SSSR count). The van der Waals surface area contributed by atoms with Crippen molar-refractivity contribution in [2.75, 3.05) is 39.6 Å². The number of ether oxygens (including phenoxy) is 4. The Labute approximate surface area is 634 Å². The van der Waals surface area contributed by atoms with Gasteiger partial charge in [-0.05, 0) is 116 Å². The Morgan fingerprint density at radius 1 is 0.269 bits per heavy atom. The minimum atomic E-state index is -5.00. The highest BCUT2D eigenvalue weighted by Crippen LogP contribution is 2.45. The summed E-state index contributed by atoms with van der Waals surface area (Å²) in [5.74, 6) is -2.26. The fraction of sp³-hybridized carbons (Fsp3) is 0.788. The van der Waals surface area contributed by atoms with Crippen LogP contribution >= 0.6 is 15.6 Å². The number of carbonyl (C=O) groups excluding carboxylic acids is 4. The summed E-state index contributed by atoms with van der Waals surface area (Å²) in [6, 6.07) is 0. The number of aliphatic hydroxyl groups excluding tert-OH is 1. The molecule has 0 spiro atoms. The Morgan fingerprint density at radius 2 is 0.490 bits per heavy atom. The molecule has 3 N–H and O–H groups in total. The highest BCUT2D eigenvalue weighted by Gasteiger charge is 2.30. The lowest BCUT2D eigenvalue weighted by atomic mass is 10.0. The second kappa shape index (κ2) is 77.4. The van der Waals surface area contributed by atoms with Crippen molar-refractivity contribution in [2.45, 2.75) is 393 Å². The molecule has 104 heavy (non-hydrogen) atoms. The summed E-state index contributed by atoms with van der Waals surface area (Å²) < 4.78 is 68.6. The summed E-state index contributed by atoms with van der Waals surface area (Å²) in [5, 5.41) is 10.7. The Kier molecular flexibility index (Phi) is 74.6. The lowest BCUT2D eigenvalue weighted by Gasteiger charge is -2.21. The van der Waals surface area contributed by atoms with E-state index in [1.165, 1.54) is 167 Å². The third-order valence-corrected chi connectivity index (χ3v) is 19.7. The van der Waals surface area contributed by atoms with Gasteiger partial charge < -0.3 is 33.8 Å². The largest absolute Gasteiger partial charge is 0.472 e. The summed E-state index contributed by atoms with van der Waals surface area (Å²) in [5.41, 5.74) is 0. The molecule has 0 aliphatic carbocycles. The number of carbonyl (C=O) groups is 4. The number of aliphatic hydroxyl groups is 1. The molecule has 0 bridgehead atoms. The van der Waals surface area contributed by atoms with Gasteiger partial charge in [-0.15, -0.1) is 0 Å². The highest BCUT2D eigenvalue weighted by atomic mass is 31.2. The summed E-state index contributed by atoms with van der Waals surface area (Å²) in [7, 11) is -9.98. The molecule has 0 aliphatic rings. The van der Waals surface area contributed by atoms with Crippen molar-refractivity contribution in [3.63, 3.8) is 0 Å². The molecule has 17 nitrogen and oxygen atoms in total. The normalized spacial score (nSPS) is 14.3. The molecule has 0 heterocycles. The van der Waals surface area contributed by atoms with Gasteiger partial charge in [0.2, 0.25) is 0 Å². The topological polar surface area (TPSA) is 237 Å². The van der Waals surface area contributed by atoms with Crippen molar-refractivity contribution in [3.8, 4) is 0 Å². The molecule has 604 valence electrons. The van der Waals surface area contributed by atoms with Crippen LogP contribution in [-0.2, 0) is 65.4 Å². The van der Waals surface area contributed by atoms with E-state index in [1.807, 2.05) is 18.2 Å². The van der Waals surface area contributed by atoms with Crippen molar-refractivity contribution < 1.29 is 80.2 Å². The zero-order valence-electron chi connectivity index (χ0n) is 66.2. The van der Waals surface area contributed by atoms with Crippen molar-refractivity contribution in [1.82, 2.24) is 0 Å². The second-order valence-electron chi connectivity index (χ2n) is 28.1. The standard InChI is InChI=1S/C85H152O17P2/c1-5-9-13-17-21-25-29-33-37-38-39-40-44-48-52-56-60-64-68-72-85(90)102-81(76-96-83(88)70-66-62-58-54-50-46-42-35-31-27-23-19-15-11-7-3)78-100-104(93,94)98-74-79(86)73-97-103(91,92)99-77-80(101-84(89)71-67-63-59-55-51-47-43-36-32-28-24-20-16-12-8-4)75-95-82(87)69-65-61-57-53-49-45-41-34-30-26-22-18-14-10-6-2/h21,25,27,31,33,36-37,39-40,43,48,52,60,64,79-81,86H,5-20,22-24,26,28-30,32,34-35,38,41-42,44-47,49-51,53-59,61-63,65-78H2,1-4H3,(H,91,92)(H,93,94)/b25-21-,31-27-,37-33-,40-39-,43-36-,52-48-,64-60-/t79-,80+,81+/m0/s1. The molecule has 0 saturated carbocycles. The van der Waals surface area contributed by atoms with Gasteiger partial charge >= 0.3 is 39.5 Å². The number of hydrogen-bond acceptors (Lipinski definition) is 15. The molecule has 0 aromatic rings. The SMILES string of the molecule is CCCCC/C=C\C/C=C\C/C=C\C/C=C\C/C=C\CCC(=O)O[C@H](COC(=O)CCCCCCCCC/C=C\CCCCCC)COP(=O)(O)OC[C@@H](O)COP(=O)(O)OC[C@@H](COC(=O)CCCCCCCCCCCCCCCCC)OC(=O)CCCCCCC/C=C\CCCCCCCC. The predicted molar refractivity (Wildman–Crippen MR) is 427 cm³/mol. The van der Waals surface area contributed by atoms with Gasteiger partial charge in [0.1, 0.15) is 19.3 Å². The van der Waals surface area contributed by atoms with Crippen LogP contribution in [0.1, 0.15) is 374 Å². The number of unbranched alkanes of at least 4 members (excludes halogenated alkanes) is 39. The molecule has 0 fully saturated rings. The van der Waals surface area contributed by atoms with Gasteiger partial charge in [-0.2, -0.15) is 0 Å². The van der Waals surface area contributed by atoms with E-state index >= 15 is 0 Å². The van der Waals surface area contributed by atoms with Crippen LogP contribution in [0.15, 0.2) is 85.1 Å². The van der Waals surface area contributed by atoms with Gasteiger partial charge in [0, 0.05) is 25.7 Å². The van der Waals surface area contributed by atoms with Gasteiger partial charge in [-0.1, -0.05) is 318 Å². The van der Waals surface area contributed by atoms with Gasteiger partial charge in [0.05, 0.1) is 26.4 Å². The van der Waals surface area contributed by atoms with Crippen LogP contribution in [0.2, 0.25) is 0 Å². The van der Waals surface area contributed by atoms with E-state index in [0.717, 1.165) is 122 Å². The molecule has 0 radical (unpaired) electrons. The minimum Gasteiger partial charge on any atom is -0.462 e. The Hall–Kier alpha value is -3.76. The first-order chi connectivity index (χ1) is 50.7. The molecule has 19 heteroatoms. The zero-order chi connectivity index (χ0) is 76.0. The van der Waals surface area contributed by atoms with Crippen LogP contribution in [0.25, 0.3) is 0 Å². The molecule has 0 saturated heterocycles. The maximum Gasteiger partial charge on any atom is 0.472 e. The number of hydrogen-bond donors (Lipinski definition) is 3. The van der Waals surface area contributed by atoms with E-state index in [1.54, 1.807) is 0 Å². The maximum absolute atomic E-state index is 13.1. The first-order valence-electron chi connectivity index (χ1n) is 41.8. The monoisotopic (exact) mass is 1510 g/mol. The summed E-state index contributed by atoms with van der Waals surface area (Å²) in [6.45, 7) is 4.80. The molecule has 0 aromatic heterocycles. The number of allylic oxidation sites excluding steroid dienone is 14. The number of phosphoric acid groups is 2. The molecule has 0 amide bonds. The van der Waals surface area contributed by atoms with Crippen LogP contribution in [0.5, 0.6) is 0 Å². The lowest BCUT2D eigenvalue weighted by Crippen LogP contribution is -2.30. The number of esters is 4. The van der Waals surface area contributed by atoms with Gasteiger partial charge in [-0.3, -0.25) is 37.3 Å². The molecular weight excluding hydrogens is 1350 g/mol. The number of rotatable bonds is 79. The smallest absolute Gasteiger partial charge is 0.462 e. The van der Waals surface area contributed by atoms with Crippen LogP contribution < -0.4 is 0 Å². The molecule has 2 unspecified atom stereocenters. The predicted octanol–water partition coefficient (Wildman–Crippen LogP) is 24.6. The van der Waals surface area contributed by atoms with Crippen molar-refractivity contribution in [2.24, 2.45) is 0 Å². The summed E-state index contributed by atoms with van der Waals surface area (Å²) in [4.78, 5) is 73.1. The Balaban J connectivity index is 5.41. The van der Waals surface area contributed by atoms with Crippen LogP contribution in [0.4, 0.5) is 0 Å². The Bertz CT molecular complexity index is 2300. The fourth-order valence-electron chi connectivity index (χ4n) is 11.4. The molecule has 5 atom stereocenters. The summed E-state index contributed by atoms with van der Waals surface area (Å²) >= 11 is 0. The lowest BCUT2D eigenvalue weighted by molar-refractivity contribution is -0.161. The van der Waals surface area contributed by atoms with E-state index in [-0.39, 0.29) is 25.7 Å². The molecule has 0 aliphatic heterocycles. The minimum absolute atomic E-state index is 0.0275. The quantitative estimate of drug-likeness (QED) is 0.0169. The van der Waals surface area contributed by atoms with Crippen molar-refractivity contribution in [1.29, 1.82) is 0 Å². The zero-order valence-corrected chi connectivity index (χ0v) is 68.0. The van der Waals surface area contributed by atoms with E-state index < -0.39 is 97.5 Å². The van der Waals surface area contributed by atoms with Crippen LogP contribution in [0, 0.1) is 0 Å². The molecule has 0 aromatic carbocycles. The van der Waals surface area contributed by atoms with E-state index in [2.05, 4.69) is 94.5 Å². The highest BCUT2D eigenvalue weighted by molar-refractivity contribution is 7.47. The van der Waals surface area contributed by atoms with Gasteiger partial charge in [0.15, 0.2) is 12.2 Å². The third-order valence-electron chi connectivity index (χ3n) is 17.8. The maximum atomic E-state index is 13.1. The van der Waals surface area contributed by atoms with Gasteiger partial charge in [0.25, 0.3) is 0 Å². The Morgan fingerprint density at radius 3 is 0.817 bits per heavy atom. The van der Waals surface area contributed by atoms with Crippen molar-refractivity contribution >= 4 is 39.5 Å². The molecular formula is C85H152O17P2. The van der Waals surface area contributed by atoms with Gasteiger partial charge in [-0.25, -0.2) is 9.13 Å². The average molecular weight is 1510 g/mol. The van der Waals surface area contributed by atoms with E-state index in [4.69, 9.17) is 37.0 Å². The fourth-order valence-corrected chi connectivity index (χ4v) is 13.0. The summed E-state index contributed by atoms with van der Waals surface area (Å²) in [6.07, 6.45) is 81.3. The first kappa shape index (κ1) is 100. The number of phosphoric ester groups is 2. The average Bonchev–Trinajstić information content (AvgIpc) is 0.943. The van der Waals surface area contributed by atoms with Crippen LogP contribution in [0.3, 0.4) is 0 Å². The van der Waals surface area contributed by atoms with Crippen molar-refractivity contribution in [3.05, 3.63) is 85.1 Å².